The van der Waals surface area contributed by atoms with Gasteiger partial charge in [0.05, 0.1) is 18.6 Å². The third kappa shape index (κ3) is 3.98. The molecule has 5 nitrogen and oxygen atoms in total. The molecule has 1 aliphatic rings. The molecule has 1 saturated heterocycles. The summed E-state index contributed by atoms with van der Waals surface area (Å²) in [6, 6.07) is -0.202. The number of carbonyl (C=O) groups is 2. The molecule has 0 aromatic carbocycles. The maximum Gasteiger partial charge on any atom is 0.225 e. The van der Waals surface area contributed by atoms with E-state index in [1.54, 1.807) is 4.90 Å². The van der Waals surface area contributed by atoms with Gasteiger partial charge in [0.15, 0.2) is 0 Å². The van der Waals surface area contributed by atoms with Crippen molar-refractivity contribution < 1.29 is 14.7 Å². The molecule has 18 heavy (non-hydrogen) atoms. The van der Waals surface area contributed by atoms with Gasteiger partial charge in [0, 0.05) is 19.5 Å². The molecule has 0 aromatic rings. The van der Waals surface area contributed by atoms with Gasteiger partial charge in [-0.15, -0.1) is 0 Å². The molecule has 0 saturated carbocycles. The van der Waals surface area contributed by atoms with E-state index >= 15 is 0 Å². The van der Waals surface area contributed by atoms with Crippen LogP contribution in [0.5, 0.6) is 0 Å². The number of hydrogen-bond acceptors (Lipinski definition) is 3. The highest BCUT2D eigenvalue weighted by Gasteiger charge is 2.34. The van der Waals surface area contributed by atoms with Crippen molar-refractivity contribution in [2.24, 2.45) is 11.8 Å². The number of aliphatic hydroxyl groups is 1. The molecule has 1 aliphatic heterocycles. The number of hydrogen-bond donors (Lipinski definition) is 2. The van der Waals surface area contributed by atoms with Crippen LogP contribution in [0.3, 0.4) is 0 Å². The fourth-order valence-electron chi connectivity index (χ4n) is 2.16. The minimum absolute atomic E-state index is 0.0564. The first-order valence-corrected chi connectivity index (χ1v) is 6.66. The summed E-state index contributed by atoms with van der Waals surface area (Å²) in [6.07, 6.45) is 0.985. The van der Waals surface area contributed by atoms with Gasteiger partial charge in [-0.1, -0.05) is 20.8 Å². The van der Waals surface area contributed by atoms with Crippen LogP contribution in [0.25, 0.3) is 0 Å². The molecule has 2 amide bonds. The van der Waals surface area contributed by atoms with Gasteiger partial charge in [-0.25, -0.2) is 0 Å². The average molecular weight is 256 g/mol. The number of nitrogens with zero attached hydrogens (tertiary/aromatic N) is 1. The summed E-state index contributed by atoms with van der Waals surface area (Å²) >= 11 is 0. The van der Waals surface area contributed by atoms with E-state index in [1.165, 1.54) is 0 Å². The minimum Gasteiger partial charge on any atom is -0.394 e. The van der Waals surface area contributed by atoms with Crippen LogP contribution in [0, 0.1) is 11.8 Å². The van der Waals surface area contributed by atoms with Gasteiger partial charge in [-0.05, 0) is 12.3 Å². The molecule has 0 radical (unpaired) electrons. The van der Waals surface area contributed by atoms with Gasteiger partial charge in [0.25, 0.3) is 0 Å². The molecule has 1 heterocycles. The van der Waals surface area contributed by atoms with Gasteiger partial charge in [-0.2, -0.15) is 0 Å². The number of carbonyl (C=O) groups excluding carboxylic acids is 2. The minimum atomic E-state index is -0.267. The zero-order valence-corrected chi connectivity index (χ0v) is 11.5. The average Bonchev–Trinajstić information content (AvgIpc) is 2.67. The van der Waals surface area contributed by atoms with Crippen molar-refractivity contribution in [2.75, 3.05) is 19.7 Å². The lowest BCUT2D eigenvalue weighted by Gasteiger charge is -2.20. The Hall–Kier alpha value is -1.10. The molecule has 0 aromatic heterocycles. The van der Waals surface area contributed by atoms with Crippen molar-refractivity contribution in [1.82, 2.24) is 10.2 Å². The van der Waals surface area contributed by atoms with Crippen molar-refractivity contribution >= 4 is 11.8 Å². The predicted molar refractivity (Wildman–Crippen MR) is 68.8 cm³/mol. The van der Waals surface area contributed by atoms with E-state index in [0.29, 0.717) is 31.8 Å². The van der Waals surface area contributed by atoms with Crippen LogP contribution < -0.4 is 5.32 Å². The van der Waals surface area contributed by atoms with E-state index in [2.05, 4.69) is 19.2 Å². The monoisotopic (exact) mass is 256 g/mol. The first kappa shape index (κ1) is 15.0. The molecule has 2 N–H and O–H groups in total. The molecule has 104 valence electrons. The highest BCUT2D eigenvalue weighted by Crippen LogP contribution is 2.19. The van der Waals surface area contributed by atoms with Crippen LogP contribution in [0.1, 0.15) is 33.6 Å². The van der Waals surface area contributed by atoms with E-state index in [1.807, 2.05) is 6.92 Å². The van der Waals surface area contributed by atoms with E-state index in [-0.39, 0.29) is 30.4 Å². The lowest BCUT2D eigenvalue weighted by atomic mass is 10.1. The maximum atomic E-state index is 11.9. The Morgan fingerprint density at radius 2 is 2.22 bits per heavy atom. The van der Waals surface area contributed by atoms with E-state index < -0.39 is 0 Å². The number of aliphatic hydroxyl groups excluding tert-OH is 1. The molecule has 1 unspecified atom stereocenters. The summed E-state index contributed by atoms with van der Waals surface area (Å²) in [5.41, 5.74) is 0. The summed E-state index contributed by atoms with van der Waals surface area (Å²) < 4.78 is 0. The zero-order chi connectivity index (χ0) is 13.7. The van der Waals surface area contributed by atoms with Crippen molar-refractivity contribution in [1.29, 1.82) is 0 Å². The van der Waals surface area contributed by atoms with Gasteiger partial charge < -0.3 is 15.3 Å². The second-order valence-corrected chi connectivity index (χ2v) is 5.39. The Kier molecular flexibility index (Phi) is 5.59. The number of amides is 2. The quantitative estimate of drug-likeness (QED) is 0.722. The number of rotatable bonds is 6. The second kappa shape index (κ2) is 6.73. The summed E-state index contributed by atoms with van der Waals surface area (Å²) in [5.74, 6) is 0.0878. The highest BCUT2D eigenvalue weighted by molar-refractivity contribution is 5.89. The zero-order valence-electron chi connectivity index (χ0n) is 11.5. The highest BCUT2D eigenvalue weighted by atomic mass is 16.3. The van der Waals surface area contributed by atoms with Crippen molar-refractivity contribution in [3.05, 3.63) is 0 Å². The first-order valence-electron chi connectivity index (χ1n) is 6.66. The summed E-state index contributed by atoms with van der Waals surface area (Å²) in [6.45, 7) is 7.17. The Labute approximate surface area is 109 Å². The maximum absolute atomic E-state index is 11.9. The lowest BCUT2D eigenvalue weighted by Crippen LogP contribution is -2.41. The largest absolute Gasteiger partial charge is 0.394 e. The molecular formula is C13H24N2O3. The predicted octanol–water partition coefficient (Wildman–Crippen LogP) is 0.378. The summed E-state index contributed by atoms with van der Waals surface area (Å²) in [5, 5.41) is 11.8. The Bertz CT molecular complexity index is 301. The van der Waals surface area contributed by atoms with Crippen molar-refractivity contribution in [3.8, 4) is 0 Å². The van der Waals surface area contributed by atoms with E-state index in [9.17, 15) is 9.59 Å². The smallest absolute Gasteiger partial charge is 0.225 e. The van der Waals surface area contributed by atoms with Gasteiger partial charge in [-0.3, -0.25) is 9.59 Å². The fraction of sp³-hybridized carbons (Fsp3) is 0.846. The van der Waals surface area contributed by atoms with Crippen molar-refractivity contribution in [2.45, 2.75) is 39.7 Å². The number of nitrogens with one attached hydrogen (secondary N) is 1. The molecule has 1 fully saturated rings. The Morgan fingerprint density at radius 1 is 1.56 bits per heavy atom. The van der Waals surface area contributed by atoms with Crippen LogP contribution in [0.4, 0.5) is 0 Å². The molecule has 0 bridgehead atoms. The second-order valence-electron chi connectivity index (χ2n) is 5.39. The van der Waals surface area contributed by atoms with E-state index in [4.69, 9.17) is 5.11 Å². The molecule has 5 heteroatoms. The SMILES string of the molecule is CC[C@@H](CO)NC(=O)C1CC(=O)N(CC(C)C)C1. The lowest BCUT2D eigenvalue weighted by molar-refractivity contribution is -0.129. The number of likely N-dealkylation sites (tertiary alicyclic amines) is 1. The third-order valence-corrected chi connectivity index (χ3v) is 3.23. The summed E-state index contributed by atoms with van der Waals surface area (Å²) in [4.78, 5) is 25.5. The summed E-state index contributed by atoms with van der Waals surface area (Å²) in [7, 11) is 0. The van der Waals surface area contributed by atoms with Crippen LogP contribution in [0.2, 0.25) is 0 Å². The Morgan fingerprint density at radius 3 is 2.72 bits per heavy atom. The third-order valence-electron chi connectivity index (χ3n) is 3.23. The van der Waals surface area contributed by atoms with Crippen LogP contribution in [-0.2, 0) is 9.59 Å². The Balaban J connectivity index is 2.49. The van der Waals surface area contributed by atoms with E-state index in [0.717, 1.165) is 0 Å². The fourth-order valence-corrected chi connectivity index (χ4v) is 2.16. The van der Waals surface area contributed by atoms with Gasteiger partial charge >= 0.3 is 0 Å². The van der Waals surface area contributed by atoms with Gasteiger partial charge in [0.1, 0.15) is 0 Å². The van der Waals surface area contributed by atoms with Gasteiger partial charge in [0.2, 0.25) is 11.8 Å². The van der Waals surface area contributed by atoms with Crippen LogP contribution >= 0.6 is 0 Å². The molecule has 2 atom stereocenters. The molecular weight excluding hydrogens is 232 g/mol. The normalized spacial score (nSPS) is 21.5. The first-order chi connectivity index (χ1) is 8.47. The van der Waals surface area contributed by atoms with Crippen molar-refractivity contribution in [3.63, 3.8) is 0 Å². The van der Waals surface area contributed by atoms with Crippen LogP contribution in [-0.4, -0.2) is 47.6 Å². The molecule has 1 rings (SSSR count). The standard InChI is InChI=1S/C13H24N2O3/c1-4-11(8-16)14-13(18)10-5-12(17)15(7-10)6-9(2)3/h9-11,16H,4-8H2,1-3H3,(H,14,18)/t10?,11-/m0/s1. The molecule has 0 spiro atoms. The molecule has 0 aliphatic carbocycles. The topological polar surface area (TPSA) is 69.6 Å². The van der Waals surface area contributed by atoms with Crippen LogP contribution in [0.15, 0.2) is 0 Å².